The molecule has 0 unspecified atom stereocenters. The lowest BCUT2D eigenvalue weighted by Crippen LogP contribution is -2.29. The lowest BCUT2D eigenvalue weighted by molar-refractivity contribution is -0.111. The highest BCUT2D eigenvalue weighted by molar-refractivity contribution is 6.03. The molecule has 0 saturated carbocycles. The first-order valence-corrected chi connectivity index (χ1v) is 13.3. The molecule has 4 rings (SSSR count). The van der Waals surface area contributed by atoms with Crippen molar-refractivity contribution in [2.45, 2.75) is 39.3 Å². The van der Waals surface area contributed by atoms with Gasteiger partial charge in [-0.25, -0.2) is 4.98 Å². The molecule has 0 spiro atoms. The van der Waals surface area contributed by atoms with Crippen LogP contribution in [-0.4, -0.2) is 56.0 Å². The first-order valence-electron chi connectivity index (χ1n) is 13.3. The third-order valence-electron chi connectivity index (χ3n) is 6.19. The Morgan fingerprint density at radius 3 is 2.61 bits per heavy atom. The van der Waals surface area contributed by atoms with E-state index >= 15 is 0 Å². The highest BCUT2D eigenvalue weighted by atomic mass is 16.5. The number of anilines is 4. The first-order chi connectivity index (χ1) is 19.8. The zero-order chi connectivity index (χ0) is 29.2. The van der Waals surface area contributed by atoms with Gasteiger partial charge in [0.2, 0.25) is 17.8 Å². The van der Waals surface area contributed by atoms with Crippen LogP contribution in [0.5, 0.6) is 0 Å². The number of nitrogens with one attached hydrogen (secondary N) is 4. The van der Waals surface area contributed by atoms with Gasteiger partial charge in [0.1, 0.15) is 5.69 Å². The van der Waals surface area contributed by atoms with Gasteiger partial charge in [0.05, 0.1) is 12.4 Å². The molecule has 1 aliphatic rings. The van der Waals surface area contributed by atoms with Crippen LogP contribution < -0.4 is 27.0 Å². The van der Waals surface area contributed by atoms with Crippen LogP contribution in [0.3, 0.4) is 0 Å². The molecule has 0 aliphatic carbocycles. The molecule has 0 radical (unpaired) electrons. The number of carbonyl (C=O) groups is 2. The minimum absolute atomic E-state index is 0.0478. The van der Waals surface area contributed by atoms with Gasteiger partial charge in [0.25, 0.3) is 5.91 Å². The van der Waals surface area contributed by atoms with Crippen LogP contribution in [0.4, 0.5) is 23.4 Å². The van der Waals surface area contributed by atoms with Crippen molar-refractivity contribution in [3.05, 3.63) is 72.6 Å². The maximum absolute atomic E-state index is 12.8. The van der Waals surface area contributed by atoms with Crippen molar-refractivity contribution in [3.63, 3.8) is 0 Å². The Bertz CT molecular complexity index is 1420. The minimum Gasteiger partial charge on any atom is -0.404 e. The molecule has 41 heavy (non-hydrogen) atoms. The number of ether oxygens (including phenoxy) is 1. The van der Waals surface area contributed by atoms with Crippen LogP contribution in [-0.2, 0) is 16.1 Å². The predicted molar refractivity (Wildman–Crippen MR) is 157 cm³/mol. The van der Waals surface area contributed by atoms with Crippen LogP contribution in [0.1, 0.15) is 48.6 Å². The van der Waals surface area contributed by atoms with E-state index in [0.29, 0.717) is 43.2 Å². The number of nitrogens with two attached hydrogens (primary N) is 1. The van der Waals surface area contributed by atoms with Crippen molar-refractivity contribution in [3.8, 4) is 0 Å². The third-order valence-corrected chi connectivity index (χ3v) is 6.19. The quantitative estimate of drug-likeness (QED) is 0.218. The van der Waals surface area contributed by atoms with Crippen molar-refractivity contribution in [2.24, 2.45) is 11.7 Å². The highest BCUT2D eigenvalue weighted by Gasteiger charge is 2.18. The number of hydrogen-bond donors (Lipinski definition) is 5. The van der Waals surface area contributed by atoms with Crippen molar-refractivity contribution in [2.75, 3.05) is 34.5 Å². The number of carbonyl (C=O) groups excluding carboxylic acids is 2. The molecule has 13 nitrogen and oxygen atoms in total. The topological polar surface area (TPSA) is 182 Å². The average Bonchev–Trinajstić information content (AvgIpc) is 2.97. The molecule has 3 heterocycles. The van der Waals surface area contributed by atoms with Crippen molar-refractivity contribution < 1.29 is 14.3 Å². The molecular weight excluding hydrogens is 524 g/mol. The number of rotatable bonds is 11. The summed E-state index contributed by atoms with van der Waals surface area (Å²) in [5, 5.41) is 12.0. The molecule has 13 heteroatoms. The first kappa shape index (κ1) is 29.1. The van der Waals surface area contributed by atoms with Gasteiger partial charge in [-0.1, -0.05) is 32.6 Å². The van der Waals surface area contributed by atoms with E-state index in [2.05, 4.69) is 52.8 Å². The predicted octanol–water partition coefficient (Wildman–Crippen LogP) is 3.20. The van der Waals surface area contributed by atoms with Crippen LogP contribution in [0.2, 0.25) is 0 Å². The summed E-state index contributed by atoms with van der Waals surface area (Å²) in [6.07, 6.45) is 7.02. The second kappa shape index (κ2) is 13.9. The molecule has 2 amide bonds. The van der Waals surface area contributed by atoms with E-state index in [1.807, 2.05) is 32.0 Å². The monoisotopic (exact) mass is 558 g/mol. The van der Waals surface area contributed by atoms with Gasteiger partial charge < -0.3 is 31.7 Å². The van der Waals surface area contributed by atoms with Crippen molar-refractivity contribution in [1.82, 2.24) is 24.9 Å². The number of aromatic nitrogens is 5. The summed E-state index contributed by atoms with van der Waals surface area (Å²) in [4.78, 5) is 46.2. The Morgan fingerprint density at radius 1 is 1.10 bits per heavy atom. The van der Waals surface area contributed by atoms with Crippen LogP contribution in [0, 0.1) is 5.92 Å². The molecule has 1 aliphatic heterocycles. The van der Waals surface area contributed by atoms with Gasteiger partial charge in [-0.15, -0.1) is 0 Å². The second-order valence-corrected chi connectivity index (χ2v) is 9.60. The molecule has 3 aromatic rings. The fourth-order valence-electron chi connectivity index (χ4n) is 4.05. The standard InChI is InChI=1S/C28H34N10O3/c1-4-24(39)35-23-16-30-15-22(34-23)26(40)32-20-7-5-6-18(12-20)14-31-27-36-25(21(13-29)17(2)3)37-28(38-27)33-19-8-10-41-11-9-19/h4-7,12-13,15-17,19H,1,8-11,14,29H2,2-3H3,(H,32,40)(H,34,35,39)(H2,31,33,36,37,38). The van der Waals surface area contributed by atoms with E-state index in [9.17, 15) is 9.59 Å². The summed E-state index contributed by atoms with van der Waals surface area (Å²) in [5.41, 5.74) is 8.20. The number of allylic oxidation sites excluding steroid dienone is 1. The molecule has 1 saturated heterocycles. The Balaban J connectivity index is 1.46. The molecule has 1 aromatic carbocycles. The summed E-state index contributed by atoms with van der Waals surface area (Å²) in [5.74, 6) is 0.711. The third kappa shape index (κ3) is 8.29. The smallest absolute Gasteiger partial charge is 0.275 e. The number of nitrogens with zero attached hydrogens (tertiary/aromatic N) is 5. The lowest BCUT2D eigenvalue weighted by Gasteiger charge is -2.23. The molecule has 0 atom stereocenters. The van der Waals surface area contributed by atoms with E-state index in [-0.39, 0.29) is 23.5 Å². The van der Waals surface area contributed by atoms with E-state index < -0.39 is 11.8 Å². The van der Waals surface area contributed by atoms with Crippen LogP contribution in [0.15, 0.2) is 55.5 Å². The summed E-state index contributed by atoms with van der Waals surface area (Å²) in [6, 6.07) is 7.53. The lowest BCUT2D eigenvalue weighted by atomic mass is 10.0. The molecule has 6 N–H and O–H groups in total. The van der Waals surface area contributed by atoms with Gasteiger partial charge in [-0.05, 0) is 42.5 Å². The molecule has 214 valence electrons. The van der Waals surface area contributed by atoms with E-state index in [0.717, 1.165) is 30.1 Å². The molecule has 1 fully saturated rings. The Labute approximate surface area is 238 Å². The van der Waals surface area contributed by atoms with Gasteiger partial charge in [-0.2, -0.15) is 15.0 Å². The molecule has 2 aromatic heterocycles. The fourth-order valence-corrected chi connectivity index (χ4v) is 4.05. The molecule has 0 bridgehead atoms. The number of hydrogen-bond acceptors (Lipinski definition) is 11. The average molecular weight is 559 g/mol. The zero-order valence-corrected chi connectivity index (χ0v) is 23.1. The van der Waals surface area contributed by atoms with Crippen molar-refractivity contribution in [1.29, 1.82) is 0 Å². The van der Waals surface area contributed by atoms with Gasteiger partial charge in [-0.3, -0.25) is 14.6 Å². The maximum atomic E-state index is 12.8. The maximum Gasteiger partial charge on any atom is 0.275 e. The Hall–Kier alpha value is -4.91. The fraction of sp³-hybridized carbons (Fsp3) is 0.321. The van der Waals surface area contributed by atoms with Crippen molar-refractivity contribution >= 4 is 40.8 Å². The van der Waals surface area contributed by atoms with E-state index in [1.54, 1.807) is 6.07 Å². The summed E-state index contributed by atoms with van der Waals surface area (Å²) < 4.78 is 5.46. The SMILES string of the molecule is C=CC(=O)Nc1cncc(C(=O)Nc2cccc(CNc3nc(NC4CCOCC4)nc(C(=CN)C(C)C)n3)c2)n1. The van der Waals surface area contributed by atoms with Gasteiger partial charge in [0.15, 0.2) is 11.6 Å². The zero-order valence-electron chi connectivity index (χ0n) is 23.1. The largest absolute Gasteiger partial charge is 0.404 e. The summed E-state index contributed by atoms with van der Waals surface area (Å²) in [6.45, 7) is 9.22. The normalized spacial score (nSPS) is 13.9. The molecular formula is C28H34N10O3. The number of benzene rings is 1. The summed E-state index contributed by atoms with van der Waals surface area (Å²) >= 11 is 0. The van der Waals surface area contributed by atoms with Crippen LogP contribution in [0.25, 0.3) is 5.57 Å². The Morgan fingerprint density at radius 2 is 1.88 bits per heavy atom. The van der Waals surface area contributed by atoms with E-state index in [1.165, 1.54) is 18.6 Å². The van der Waals surface area contributed by atoms with E-state index in [4.69, 9.17) is 10.5 Å². The van der Waals surface area contributed by atoms with Gasteiger partial charge in [0, 0.05) is 43.3 Å². The summed E-state index contributed by atoms with van der Waals surface area (Å²) in [7, 11) is 0. The second-order valence-electron chi connectivity index (χ2n) is 9.60. The van der Waals surface area contributed by atoms with Gasteiger partial charge >= 0.3 is 0 Å². The van der Waals surface area contributed by atoms with Crippen LogP contribution >= 0.6 is 0 Å². The minimum atomic E-state index is -0.474. The highest BCUT2D eigenvalue weighted by Crippen LogP contribution is 2.22. The number of amides is 2. The Kier molecular flexibility index (Phi) is 9.89.